The van der Waals surface area contributed by atoms with Crippen molar-refractivity contribution in [2.45, 2.75) is 65.3 Å². The zero-order chi connectivity index (χ0) is 17.9. The number of benzene rings is 1. The summed E-state index contributed by atoms with van der Waals surface area (Å²) in [6.07, 6.45) is 3.58. The molecule has 1 heterocycles. The van der Waals surface area contributed by atoms with Crippen molar-refractivity contribution in [3.8, 4) is 0 Å². The van der Waals surface area contributed by atoms with Crippen molar-refractivity contribution in [3.05, 3.63) is 47.0 Å². The predicted octanol–water partition coefficient (Wildman–Crippen LogP) is 4.48. The molecule has 3 nitrogen and oxygen atoms in total. The van der Waals surface area contributed by atoms with Crippen molar-refractivity contribution < 1.29 is 9.59 Å². The first-order valence-corrected chi connectivity index (χ1v) is 8.69. The van der Waals surface area contributed by atoms with Crippen LogP contribution in [0, 0.1) is 5.41 Å². The summed E-state index contributed by atoms with van der Waals surface area (Å²) in [5, 5.41) is 0. The minimum Gasteiger partial charge on any atom is -0.269 e. The molecule has 0 bridgehead atoms. The lowest BCUT2D eigenvalue weighted by atomic mass is 9.76. The molecule has 3 rings (SSSR count). The first-order chi connectivity index (χ1) is 11.0. The normalized spacial score (nSPS) is 24.0. The van der Waals surface area contributed by atoms with E-state index in [-0.39, 0.29) is 28.7 Å². The highest BCUT2D eigenvalue weighted by Crippen LogP contribution is 2.52. The first-order valence-electron chi connectivity index (χ1n) is 8.69. The maximum atomic E-state index is 12.2. The largest absolute Gasteiger partial charge is 0.269 e. The summed E-state index contributed by atoms with van der Waals surface area (Å²) < 4.78 is 0. The monoisotopic (exact) mass is 325 g/mol. The second-order valence-electron chi connectivity index (χ2n) is 9.14. The average molecular weight is 325 g/mol. The van der Waals surface area contributed by atoms with Gasteiger partial charge in [-0.1, -0.05) is 59.7 Å². The van der Waals surface area contributed by atoms with Gasteiger partial charge < -0.3 is 0 Å². The SMILES string of the molecule is CC(C)(C)c1ccc2c(c1)[C@H](C(C)(C)C)C[C@@H]2N1C(=O)C=CC1=O. The quantitative estimate of drug-likeness (QED) is 0.714. The third-order valence-corrected chi connectivity index (χ3v) is 5.35. The molecule has 0 spiro atoms. The van der Waals surface area contributed by atoms with E-state index in [0.29, 0.717) is 5.92 Å². The Balaban J connectivity index is 2.10. The summed E-state index contributed by atoms with van der Waals surface area (Å²) in [7, 11) is 0. The topological polar surface area (TPSA) is 37.4 Å². The van der Waals surface area contributed by atoms with E-state index < -0.39 is 0 Å². The summed E-state index contributed by atoms with van der Waals surface area (Å²) in [6, 6.07) is 6.43. The van der Waals surface area contributed by atoms with Gasteiger partial charge in [-0.25, -0.2) is 0 Å². The lowest BCUT2D eigenvalue weighted by molar-refractivity contribution is -0.139. The molecule has 128 valence electrons. The van der Waals surface area contributed by atoms with Gasteiger partial charge in [0.25, 0.3) is 11.8 Å². The highest BCUT2D eigenvalue weighted by Gasteiger charge is 2.44. The predicted molar refractivity (Wildman–Crippen MR) is 95.7 cm³/mol. The number of hydrogen-bond acceptors (Lipinski definition) is 2. The van der Waals surface area contributed by atoms with Crippen molar-refractivity contribution in [3.63, 3.8) is 0 Å². The van der Waals surface area contributed by atoms with Gasteiger partial charge in [0.05, 0.1) is 6.04 Å². The summed E-state index contributed by atoms with van der Waals surface area (Å²) >= 11 is 0. The number of fused-ring (bicyclic) bond motifs is 1. The number of carbonyl (C=O) groups excluding carboxylic acids is 2. The molecular formula is C21H27NO2. The van der Waals surface area contributed by atoms with Crippen LogP contribution in [0.3, 0.4) is 0 Å². The number of rotatable bonds is 1. The van der Waals surface area contributed by atoms with Gasteiger partial charge in [0.1, 0.15) is 0 Å². The lowest BCUT2D eigenvalue weighted by Crippen LogP contribution is -2.33. The Hall–Kier alpha value is -1.90. The minimum absolute atomic E-state index is 0.0798. The molecule has 0 aromatic heterocycles. The highest BCUT2D eigenvalue weighted by atomic mass is 16.2. The van der Waals surface area contributed by atoms with Gasteiger partial charge in [0.2, 0.25) is 0 Å². The molecular weight excluding hydrogens is 298 g/mol. The standard InChI is InChI=1S/C21H27NO2/c1-20(2,3)13-7-8-14-15(11-13)16(21(4,5)6)12-17(14)22-18(23)9-10-19(22)24/h7-11,16-17H,12H2,1-6H3/t16-,17+/m1/s1. The van der Waals surface area contributed by atoms with E-state index in [1.807, 2.05) is 0 Å². The molecule has 24 heavy (non-hydrogen) atoms. The van der Waals surface area contributed by atoms with Gasteiger partial charge in [-0.15, -0.1) is 0 Å². The molecule has 0 saturated carbocycles. The molecule has 1 aromatic carbocycles. The van der Waals surface area contributed by atoms with Crippen LogP contribution in [0.1, 0.15) is 76.6 Å². The highest BCUT2D eigenvalue weighted by molar-refractivity contribution is 6.13. The maximum Gasteiger partial charge on any atom is 0.254 e. The van der Waals surface area contributed by atoms with E-state index in [1.54, 1.807) is 0 Å². The Morgan fingerprint density at radius 3 is 2.00 bits per heavy atom. The van der Waals surface area contributed by atoms with Gasteiger partial charge >= 0.3 is 0 Å². The van der Waals surface area contributed by atoms with Crippen molar-refractivity contribution >= 4 is 11.8 Å². The molecule has 0 fully saturated rings. The average Bonchev–Trinajstić information content (AvgIpc) is 2.97. The Morgan fingerprint density at radius 2 is 1.50 bits per heavy atom. The molecule has 0 unspecified atom stereocenters. The third kappa shape index (κ3) is 2.70. The fourth-order valence-electron chi connectivity index (χ4n) is 3.91. The second-order valence-corrected chi connectivity index (χ2v) is 9.14. The molecule has 2 amide bonds. The van der Waals surface area contributed by atoms with Crippen molar-refractivity contribution in [1.29, 1.82) is 0 Å². The number of nitrogens with zero attached hydrogens (tertiary/aromatic N) is 1. The van der Waals surface area contributed by atoms with Crippen LogP contribution < -0.4 is 0 Å². The molecule has 3 heteroatoms. The van der Waals surface area contributed by atoms with Crippen LogP contribution in [0.4, 0.5) is 0 Å². The fourth-order valence-corrected chi connectivity index (χ4v) is 3.91. The second kappa shape index (κ2) is 5.30. The summed E-state index contributed by atoms with van der Waals surface area (Å²) in [5.74, 6) is -0.0446. The smallest absolute Gasteiger partial charge is 0.254 e. The van der Waals surface area contributed by atoms with Gasteiger partial charge in [-0.2, -0.15) is 0 Å². The van der Waals surface area contributed by atoms with Crippen LogP contribution in [0.5, 0.6) is 0 Å². The Morgan fingerprint density at radius 1 is 0.917 bits per heavy atom. The summed E-state index contributed by atoms with van der Waals surface area (Å²) in [4.78, 5) is 25.8. The van der Waals surface area contributed by atoms with E-state index in [2.05, 4.69) is 59.7 Å². The van der Waals surface area contributed by atoms with E-state index in [0.717, 1.165) is 12.0 Å². The van der Waals surface area contributed by atoms with Gasteiger partial charge in [0.15, 0.2) is 0 Å². The zero-order valence-corrected chi connectivity index (χ0v) is 15.5. The van der Waals surface area contributed by atoms with Crippen molar-refractivity contribution in [1.82, 2.24) is 4.90 Å². The van der Waals surface area contributed by atoms with E-state index in [1.165, 1.54) is 28.2 Å². The van der Waals surface area contributed by atoms with Gasteiger partial charge in [-0.3, -0.25) is 14.5 Å². The Kier molecular flexibility index (Phi) is 3.74. The van der Waals surface area contributed by atoms with Crippen LogP contribution in [0.2, 0.25) is 0 Å². The molecule has 1 aliphatic heterocycles. The summed E-state index contributed by atoms with van der Waals surface area (Å²) in [5.41, 5.74) is 3.89. The van der Waals surface area contributed by atoms with Crippen LogP contribution in [0.25, 0.3) is 0 Å². The fraction of sp³-hybridized carbons (Fsp3) is 0.524. The number of carbonyl (C=O) groups is 2. The molecule has 2 aliphatic rings. The molecule has 2 atom stereocenters. The molecule has 1 aromatic rings. The Bertz CT molecular complexity index is 713. The Labute approximate surface area is 144 Å². The summed E-state index contributed by atoms with van der Waals surface area (Å²) in [6.45, 7) is 13.3. The molecule has 1 aliphatic carbocycles. The molecule has 0 N–H and O–H groups in total. The molecule has 0 saturated heterocycles. The first kappa shape index (κ1) is 16.9. The van der Waals surface area contributed by atoms with Gasteiger partial charge in [0, 0.05) is 12.2 Å². The molecule has 0 radical (unpaired) electrons. The van der Waals surface area contributed by atoms with Crippen LogP contribution in [-0.2, 0) is 15.0 Å². The van der Waals surface area contributed by atoms with Crippen molar-refractivity contribution in [2.75, 3.05) is 0 Å². The number of imide groups is 1. The zero-order valence-electron chi connectivity index (χ0n) is 15.5. The van der Waals surface area contributed by atoms with Crippen LogP contribution in [0.15, 0.2) is 30.4 Å². The van der Waals surface area contributed by atoms with Crippen LogP contribution in [-0.4, -0.2) is 16.7 Å². The van der Waals surface area contributed by atoms with Gasteiger partial charge in [-0.05, 0) is 39.9 Å². The number of hydrogen-bond donors (Lipinski definition) is 0. The minimum atomic E-state index is -0.189. The van der Waals surface area contributed by atoms with Crippen LogP contribution >= 0.6 is 0 Å². The van der Waals surface area contributed by atoms with Crippen molar-refractivity contribution in [2.24, 2.45) is 5.41 Å². The lowest BCUT2D eigenvalue weighted by Gasteiger charge is -2.29. The van der Waals surface area contributed by atoms with E-state index >= 15 is 0 Å². The third-order valence-electron chi connectivity index (χ3n) is 5.35. The van der Waals surface area contributed by atoms with E-state index in [4.69, 9.17) is 0 Å². The number of amides is 2. The van der Waals surface area contributed by atoms with E-state index in [9.17, 15) is 9.59 Å². The maximum absolute atomic E-state index is 12.2.